The van der Waals surface area contributed by atoms with Crippen molar-refractivity contribution >= 4 is 27.5 Å². The molecule has 5 rings (SSSR count). The Kier molecular flexibility index (Phi) is 4.67. The van der Waals surface area contributed by atoms with Gasteiger partial charge in [0.2, 0.25) is 0 Å². The number of rotatable bonds is 3. The molecule has 0 fully saturated rings. The summed E-state index contributed by atoms with van der Waals surface area (Å²) >= 11 is 0. The zero-order valence-corrected chi connectivity index (χ0v) is 17.0. The van der Waals surface area contributed by atoms with Crippen molar-refractivity contribution in [3.05, 3.63) is 95.0 Å². The molecule has 5 aromatic rings. The summed E-state index contributed by atoms with van der Waals surface area (Å²) in [6.45, 7) is 0. The molecular weight excluding hydrogens is 406 g/mol. The topological polar surface area (TPSA) is 89.6 Å². The molecule has 0 amide bonds. The van der Waals surface area contributed by atoms with Gasteiger partial charge in [-0.1, -0.05) is 48.5 Å². The largest absolute Gasteiger partial charge is 0.506 e. The molecule has 0 unspecified atom stereocenters. The predicted molar refractivity (Wildman–Crippen MR) is 122 cm³/mol. The molecule has 0 aliphatic carbocycles. The molecule has 3 aromatic carbocycles. The fourth-order valence-corrected chi connectivity index (χ4v) is 3.98. The maximum absolute atomic E-state index is 12.8. The number of esters is 1. The second-order valence-corrected chi connectivity index (χ2v) is 7.21. The number of methoxy groups -OCH3 is 1. The summed E-state index contributed by atoms with van der Waals surface area (Å²) in [4.78, 5) is 29.6. The molecule has 2 aromatic heterocycles. The number of ether oxygens (including phenoxy) is 1. The van der Waals surface area contributed by atoms with Crippen molar-refractivity contribution in [2.75, 3.05) is 7.11 Å². The molecule has 1 N–H and O–H groups in total. The molecule has 0 spiro atoms. The summed E-state index contributed by atoms with van der Waals surface area (Å²) in [7, 11) is 1.26. The van der Waals surface area contributed by atoms with Gasteiger partial charge in [0.05, 0.1) is 12.5 Å². The number of carbonyl (C=O) groups excluding carboxylic acids is 1. The molecular formula is C26H17NO5. The summed E-state index contributed by atoms with van der Waals surface area (Å²) in [6, 6.07) is 21.2. The monoisotopic (exact) mass is 423 g/mol. The van der Waals surface area contributed by atoms with Crippen LogP contribution in [-0.2, 0) is 4.74 Å². The van der Waals surface area contributed by atoms with Crippen molar-refractivity contribution in [1.82, 2.24) is 4.98 Å². The van der Waals surface area contributed by atoms with E-state index in [-0.39, 0.29) is 17.1 Å². The van der Waals surface area contributed by atoms with Gasteiger partial charge in [0.1, 0.15) is 17.0 Å². The molecule has 2 heterocycles. The van der Waals surface area contributed by atoms with Crippen LogP contribution in [0.2, 0.25) is 0 Å². The normalized spacial score (nSPS) is 11.0. The van der Waals surface area contributed by atoms with E-state index >= 15 is 0 Å². The van der Waals surface area contributed by atoms with Crippen LogP contribution in [0.5, 0.6) is 5.75 Å². The highest BCUT2D eigenvalue weighted by Crippen LogP contribution is 2.45. The van der Waals surface area contributed by atoms with Crippen LogP contribution in [0.4, 0.5) is 0 Å². The summed E-state index contributed by atoms with van der Waals surface area (Å²) in [5.74, 6) is -0.723. The first kappa shape index (κ1) is 19.5. The molecule has 32 heavy (non-hydrogen) atoms. The summed E-state index contributed by atoms with van der Waals surface area (Å²) in [5, 5.41) is 13.6. The number of aromatic hydroxyl groups is 1. The Balaban J connectivity index is 2.03. The third-order valence-corrected chi connectivity index (χ3v) is 5.41. The minimum absolute atomic E-state index is 0.0171. The van der Waals surface area contributed by atoms with Crippen LogP contribution in [0.1, 0.15) is 10.4 Å². The molecule has 0 saturated heterocycles. The first-order valence-electron chi connectivity index (χ1n) is 9.91. The third kappa shape index (κ3) is 3.01. The third-order valence-electron chi connectivity index (χ3n) is 5.41. The van der Waals surface area contributed by atoms with Crippen molar-refractivity contribution in [3.63, 3.8) is 0 Å². The molecule has 0 aliphatic rings. The van der Waals surface area contributed by atoms with Gasteiger partial charge in [0.15, 0.2) is 5.76 Å². The quantitative estimate of drug-likeness (QED) is 0.403. The van der Waals surface area contributed by atoms with Gasteiger partial charge in [-0.2, -0.15) is 0 Å². The summed E-state index contributed by atoms with van der Waals surface area (Å²) in [6.07, 6.45) is 1.59. The molecule has 0 atom stereocenters. The number of carbonyl (C=O) groups is 1. The SMILES string of the molecule is COC(=O)c1cc2ccccc2c(-c2c(-c3ccccn3)oc(=O)c3ccccc23)c1O. The molecule has 0 aliphatic heterocycles. The molecule has 156 valence electrons. The first-order valence-corrected chi connectivity index (χ1v) is 9.91. The smallest absolute Gasteiger partial charge is 0.344 e. The highest BCUT2D eigenvalue weighted by Gasteiger charge is 2.26. The van der Waals surface area contributed by atoms with E-state index in [2.05, 4.69) is 4.98 Å². The Labute approximate surface area is 182 Å². The van der Waals surface area contributed by atoms with Crippen LogP contribution >= 0.6 is 0 Å². The van der Waals surface area contributed by atoms with Gasteiger partial charge in [0, 0.05) is 22.7 Å². The van der Waals surface area contributed by atoms with E-state index < -0.39 is 11.6 Å². The van der Waals surface area contributed by atoms with Crippen LogP contribution in [0.15, 0.2) is 88.2 Å². The number of pyridine rings is 1. The lowest BCUT2D eigenvalue weighted by atomic mass is 9.90. The second-order valence-electron chi connectivity index (χ2n) is 7.21. The van der Waals surface area contributed by atoms with Gasteiger partial charge in [-0.3, -0.25) is 4.98 Å². The number of hydrogen-bond acceptors (Lipinski definition) is 6. The number of phenolic OH excluding ortho intramolecular Hbond substituents is 1. The van der Waals surface area contributed by atoms with Crippen molar-refractivity contribution in [2.45, 2.75) is 0 Å². The van der Waals surface area contributed by atoms with Crippen LogP contribution in [0, 0.1) is 0 Å². The van der Waals surface area contributed by atoms with Crippen LogP contribution in [-0.4, -0.2) is 23.2 Å². The number of fused-ring (bicyclic) bond motifs is 2. The van der Waals surface area contributed by atoms with E-state index in [0.717, 1.165) is 5.39 Å². The molecule has 0 radical (unpaired) electrons. The van der Waals surface area contributed by atoms with Crippen LogP contribution in [0.25, 0.3) is 44.1 Å². The summed E-state index contributed by atoms with van der Waals surface area (Å²) < 4.78 is 10.6. The van der Waals surface area contributed by atoms with E-state index in [1.54, 1.807) is 54.7 Å². The average molecular weight is 423 g/mol. The Bertz CT molecular complexity index is 1550. The Morgan fingerprint density at radius 1 is 0.906 bits per heavy atom. The summed E-state index contributed by atoms with van der Waals surface area (Å²) in [5.41, 5.74) is 0.765. The minimum Gasteiger partial charge on any atom is -0.506 e. The lowest BCUT2D eigenvalue weighted by Gasteiger charge is -2.17. The Morgan fingerprint density at radius 2 is 1.59 bits per heavy atom. The van der Waals surface area contributed by atoms with E-state index in [4.69, 9.17) is 9.15 Å². The first-order chi connectivity index (χ1) is 15.6. The average Bonchev–Trinajstić information content (AvgIpc) is 2.84. The van der Waals surface area contributed by atoms with E-state index in [1.807, 2.05) is 24.3 Å². The van der Waals surface area contributed by atoms with Crippen molar-refractivity contribution in [1.29, 1.82) is 0 Å². The van der Waals surface area contributed by atoms with Gasteiger partial charge in [-0.25, -0.2) is 9.59 Å². The lowest BCUT2D eigenvalue weighted by molar-refractivity contribution is 0.0597. The second kappa shape index (κ2) is 7.67. The van der Waals surface area contributed by atoms with Crippen LogP contribution < -0.4 is 5.63 Å². The fraction of sp³-hybridized carbons (Fsp3) is 0.0385. The number of hydrogen-bond donors (Lipinski definition) is 1. The Hall–Kier alpha value is -4.45. The molecule has 0 saturated carbocycles. The standard InChI is InChI=1S/C26H17NO5/c1-31-25(29)19-14-15-8-2-3-9-16(15)21(23(19)28)22-17-10-4-5-11-18(17)26(30)32-24(22)20-12-6-7-13-27-20/h2-14,28H,1H3. The van der Waals surface area contributed by atoms with Gasteiger partial charge in [-0.15, -0.1) is 0 Å². The highest BCUT2D eigenvalue weighted by atomic mass is 16.5. The zero-order chi connectivity index (χ0) is 22.2. The van der Waals surface area contributed by atoms with Gasteiger partial charge >= 0.3 is 11.6 Å². The zero-order valence-electron chi connectivity index (χ0n) is 17.0. The number of aromatic nitrogens is 1. The maximum Gasteiger partial charge on any atom is 0.344 e. The maximum atomic E-state index is 12.8. The minimum atomic E-state index is -0.671. The van der Waals surface area contributed by atoms with Crippen molar-refractivity contribution in [3.8, 4) is 28.3 Å². The predicted octanol–water partition coefficient (Wildman–Crippen LogP) is 5.17. The van der Waals surface area contributed by atoms with E-state index in [9.17, 15) is 14.7 Å². The van der Waals surface area contributed by atoms with Gasteiger partial charge < -0.3 is 14.3 Å². The number of phenols is 1. The number of benzene rings is 3. The van der Waals surface area contributed by atoms with Crippen molar-refractivity contribution < 1.29 is 19.1 Å². The molecule has 0 bridgehead atoms. The lowest BCUT2D eigenvalue weighted by Crippen LogP contribution is -2.06. The van der Waals surface area contributed by atoms with Gasteiger partial charge in [0.25, 0.3) is 0 Å². The van der Waals surface area contributed by atoms with Crippen LogP contribution in [0.3, 0.4) is 0 Å². The molecule has 6 heteroatoms. The van der Waals surface area contributed by atoms with E-state index in [1.165, 1.54) is 7.11 Å². The van der Waals surface area contributed by atoms with Gasteiger partial charge in [-0.05, 0) is 35.0 Å². The van der Waals surface area contributed by atoms with E-state index in [0.29, 0.717) is 33.0 Å². The van der Waals surface area contributed by atoms with Crippen molar-refractivity contribution in [2.24, 2.45) is 0 Å². The number of nitrogens with zero attached hydrogens (tertiary/aromatic N) is 1. The fourth-order valence-electron chi connectivity index (χ4n) is 3.98. The Morgan fingerprint density at radius 3 is 2.31 bits per heavy atom. The molecule has 6 nitrogen and oxygen atoms in total. The highest BCUT2D eigenvalue weighted by molar-refractivity contribution is 6.13.